The number of rotatable bonds is 8. The van der Waals surface area contributed by atoms with Gasteiger partial charge in [-0.1, -0.05) is 24.6 Å². The maximum absolute atomic E-state index is 13.1. The standard InChI is InChI=1S/C23H29ClN2O5S/c1-4-20(16-7-12-21(30-2)22(14-16)31-3)25-23(27)17-6-5-13-26(15-17)32(28,29)19-10-8-18(24)9-11-19/h7-12,14,17,20H,4-6,13,15H2,1-3H3,(H,25,27)/t17-,20-/m0/s1. The van der Waals surface area contributed by atoms with Gasteiger partial charge in [0.25, 0.3) is 0 Å². The average molecular weight is 481 g/mol. The molecule has 0 aromatic heterocycles. The molecule has 174 valence electrons. The van der Waals surface area contributed by atoms with Crippen molar-refractivity contribution in [1.29, 1.82) is 0 Å². The van der Waals surface area contributed by atoms with E-state index in [1.807, 2.05) is 25.1 Å². The Morgan fingerprint density at radius 1 is 1.16 bits per heavy atom. The Morgan fingerprint density at radius 2 is 1.84 bits per heavy atom. The monoisotopic (exact) mass is 480 g/mol. The van der Waals surface area contributed by atoms with E-state index in [9.17, 15) is 13.2 Å². The van der Waals surface area contributed by atoms with E-state index in [2.05, 4.69) is 5.32 Å². The molecule has 9 heteroatoms. The van der Waals surface area contributed by atoms with Crippen LogP contribution in [0.5, 0.6) is 11.5 Å². The van der Waals surface area contributed by atoms with E-state index in [1.165, 1.54) is 16.4 Å². The van der Waals surface area contributed by atoms with Gasteiger partial charge in [-0.3, -0.25) is 4.79 Å². The van der Waals surface area contributed by atoms with Crippen LogP contribution in [0.4, 0.5) is 0 Å². The number of piperidine rings is 1. The van der Waals surface area contributed by atoms with Crippen molar-refractivity contribution in [2.24, 2.45) is 5.92 Å². The van der Waals surface area contributed by atoms with Crippen LogP contribution in [-0.2, 0) is 14.8 Å². The van der Waals surface area contributed by atoms with E-state index >= 15 is 0 Å². The molecule has 32 heavy (non-hydrogen) atoms. The second kappa shape index (κ2) is 10.6. The summed E-state index contributed by atoms with van der Waals surface area (Å²) in [7, 11) is -0.543. The van der Waals surface area contributed by atoms with Gasteiger partial charge in [0, 0.05) is 18.1 Å². The molecule has 1 amide bonds. The fourth-order valence-electron chi connectivity index (χ4n) is 3.91. The predicted octanol–water partition coefficient (Wildman–Crippen LogP) is 4.03. The number of benzene rings is 2. The second-order valence-corrected chi connectivity index (χ2v) is 10.1. The summed E-state index contributed by atoms with van der Waals surface area (Å²) in [5.41, 5.74) is 0.903. The lowest BCUT2D eigenvalue weighted by molar-refractivity contribution is -0.126. The van der Waals surface area contributed by atoms with Crippen LogP contribution < -0.4 is 14.8 Å². The van der Waals surface area contributed by atoms with Gasteiger partial charge < -0.3 is 14.8 Å². The van der Waals surface area contributed by atoms with Crippen molar-refractivity contribution in [3.05, 3.63) is 53.1 Å². The molecule has 0 aliphatic carbocycles. The van der Waals surface area contributed by atoms with Crippen molar-refractivity contribution in [2.75, 3.05) is 27.3 Å². The minimum Gasteiger partial charge on any atom is -0.493 e. The number of carbonyl (C=O) groups excluding carboxylic acids is 1. The first-order valence-electron chi connectivity index (χ1n) is 10.6. The number of ether oxygens (including phenoxy) is 2. The third-order valence-corrected chi connectivity index (χ3v) is 7.87. The molecule has 0 radical (unpaired) electrons. The number of nitrogens with one attached hydrogen (secondary N) is 1. The zero-order valence-corrected chi connectivity index (χ0v) is 20.1. The fraction of sp³-hybridized carbons (Fsp3) is 0.435. The molecule has 1 aliphatic rings. The molecule has 0 unspecified atom stereocenters. The molecule has 0 saturated carbocycles. The van der Waals surface area contributed by atoms with E-state index in [-0.39, 0.29) is 23.4 Å². The van der Waals surface area contributed by atoms with Gasteiger partial charge in [0.1, 0.15) is 0 Å². The second-order valence-electron chi connectivity index (χ2n) is 7.74. The van der Waals surface area contributed by atoms with Gasteiger partial charge in [-0.05, 0) is 61.2 Å². The number of nitrogens with zero attached hydrogens (tertiary/aromatic N) is 1. The Kier molecular flexibility index (Phi) is 8.03. The summed E-state index contributed by atoms with van der Waals surface area (Å²) in [6.45, 7) is 2.53. The van der Waals surface area contributed by atoms with Crippen LogP contribution in [0.2, 0.25) is 5.02 Å². The van der Waals surface area contributed by atoms with E-state index in [4.69, 9.17) is 21.1 Å². The molecular formula is C23H29ClN2O5S. The maximum Gasteiger partial charge on any atom is 0.243 e. The SMILES string of the molecule is CC[C@H](NC(=O)[C@H]1CCCN(S(=O)(=O)c2ccc(Cl)cc2)C1)c1ccc(OC)c(OC)c1. The molecule has 1 heterocycles. The highest BCUT2D eigenvalue weighted by Gasteiger charge is 2.34. The molecule has 7 nitrogen and oxygen atoms in total. The number of amides is 1. The Bertz CT molecular complexity index is 1040. The van der Waals surface area contributed by atoms with E-state index in [0.717, 1.165) is 5.56 Å². The van der Waals surface area contributed by atoms with Gasteiger partial charge >= 0.3 is 0 Å². The number of methoxy groups -OCH3 is 2. The van der Waals surface area contributed by atoms with Crippen molar-refractivity contribution in [3.8, 4) is 11.5 Å². The van der Waals surface area contributed by atoms with Crippen molar-refractivity contribution in [1.82, 2.24) is 9.62 Å². The van der Waals surface area contributed by atoms with Crippen LogP contribution in [0.1, 0.15) is 37.8 Å². The number of carbonyl (C=O) groups is 1. The number of hydrogen-bond donors (Lipinski definition) is 1. The lowest BCUT2D eigenvalue weighted by atomic mass is 9.97. The maximum atomic E-state index is 13.1. The van der Waals surface area contributed by atoms with Crippen LogP contribution in [-0.4, -0.2) is 45.9 Å². The summed E-state index contributed by atoms with van der Waals surface area (Å²) in [6, 6.07) is 11.4. The summed E-state index contributed by atoms with van der Waals surface area (Å²) in [6.07, 6.45) is 1.94. The van der Waals surface area contributed by atoms with Crippen molar-refractivity contribution >= 4 is 27.5 Å². The molecule has 2 atom stereocenters. The molecule has 1 fully saturated rings. The average Bonchev–Trinajstić information content (AvgIpc) is 2.82. The van der Waals surface area contributed by atoms with E-state index in [1.54, 1.807) is 26.4 Å². The van der Waals surface area contributed by atoms with Crippen molar-refractivity contribution in [2.45, 2.75) is 37.1 Å². The quantitative estimate of drug-likeness (QED) is 0.616. The molecule has 1 aliphatic heterocycles. The van der Waals surface area contributed by atoms with E-state index in [0.29, 0.717) is 42.3 Å². The molecular weight excluding hydrogens is 452 g/mol. The summed E-state index contributed by atoms with van der Waals surface area (Å²) >= 11 is 5.88. The molecule has 1 saturated heterocycles. The zero-order valence-electron chi connectivity index (χ0n) is 18.5. The van der Waals surface area contributed by atoms with Gasteiger partial charge in [0.05, 0.1) is 31.1 Å². The van der Waals surface area contributed by atoms with Gasteiger partial charge in [0.15, 0.2) is 11.5 Å². The van der Waals surface area contributed by atoms with Crippen LogP contribution in [0, 0.1) is 5.92 Å². The minimum absolute atomic E-state index is 0.150. The molecule has 3 rings (SSSR count). The van der Waals surface area contributed by atoms with Crippen LogP contribution in [0.3, 0.4) is 0 Å². The largest absolute Gasteiger partial charge is 0.493 e. The number of sulfonamides is 1. The first kappa shape index (κ1) is 24.4. The first-order chi connectivity index (χ1) is 15.3. The Balaban J connectivity index is 1.72. The highest BCUT2D eigenvalue weighted by molar-refractivity contribution is 7.89. The molecule has 2 aromatic rings. The van der Waals surface area contributed by atoms with Crippen molar-refractivity contribution < 1.29 is 22.7 Å². The first-order valence-corrected chi connectivity index (χ1v) is 12.4. The minimum atomic E-state index is -3.68. The van der Waals surface area contributed by atoms with Gasteiger partial charge in [0.2, 0.25) is 15.9 Å². The summed E-state index contributed by atoms with van der Waals surface area (Å²) in [5, 5.41) is 3.56. The van der Waals surface area contributed by atoms with Crippen LogP contribution >= 0.6 is 11.6 Å². The summed E-state index contributed by atoms with van der Waals surface area (Å²) in [5.74, 6) is 0.644. The number of hydrogen-bond acceptors (Lipinski definition) is 5. The molecule has 0 spiro atoms. The zero-order chi connectivity index (χ0) is 23.3. The van der Waals surface area contributed by atoms with Gasteiger partial charge in [-0.2, -0.15) is 4.31 Å². The van der Waals surface area contributed by atoms with Gasteiger partial charge in [-0.15, -0.1) is 0 Å². The Labute approximate surface area is 194 Å². The lowest BCUT2D eigenvalue weighted by Crippen LogP contribution is -2.46. The normalized spacial score (nSPS) is 18.1. The van der Waals surface area contributed by atoms with Crippen molar-refractivity contribution in [3.63, 3.8) is 0 Å². The van der Waals surface area contributed by atoms with E-state index < -0.39 is 15.9 Å². The Hall–Kier alpha value is -2.29. The fourth-order valence-corrected chi connectivity index (χ4v) is 5.56. The van der Waals surface area contributed by atoms with Gasteiger partial charge in [-0.25, -0.2) is 8.42 Å². The molecule has 1 N–H and O–H groups in total. The predicted molar refractivity (Wildman–Crippen MR) is 124 cm³/mol. The number of halogens is 1. The smallest absolute Gasteiger partial charge is 0.243 e. The molecule has 0 bridgehead atoms. The summed E-state index contributed by atoms with van der Waals surface area (Å²) in [4.78, 5) is 13.2. The third-order valence-electron chi connectivity index (χ3n) is 5.74. The Morgan fingerprint density at radius 3 is 2.47 bits per heavy atom. The third kappa shape index (κ3) is 5.36. The highest BCUT2D eigenvalue weighted by atomic mass is 35.5. The van der Waals surface area contributed by atoms with Crippen LogP contribution in [0.15, 0.2) is 47.4 Å². The van der Waals surface area contributed by atoms with Crippen LogP contribution in [0.25, 0.3) is 0 Å². The lowest BCUT2D eigenvalue weighted by Gasteiger charge is -2.32. The molecule has 2 aromatic carbocycles. The topological polar surface area (TPSA) is 84.9 Å². The highest BCUT2D eigenvalue weighted by Crippen LogP contribution is 2.31. The summed E-state index contributed by atoms with van der Waals surface area (Å²) < 4.78 is 38.1.